The average Bonchev–Trinajstić information content (AvgIpc) is 3.19. The summed E-state index contributed by atoms with van der Waals surface area (Å²) in [5, 5.41) is 0. The van der Waals surface area contributed by atoms with Crippen LogP contribution in [0.15, 0.2) is 42.7 Å². The summed E-state index contributed by atoms with van der Waals surface area (Å²) in [5.74, 6) is 0. The summed E-state index contributed by atoms with van der Waals surface area (Å²) in [7, 11) is 0. The van der Waals surface area contributed by atoms with Crippen LogP contribution in [0.25, 0.3) is 0 Å². The van der Waals surface area contributed by atoms with Crippen molar-refractivity contribution in [2.45, 2.75) is 136 Å². The van der Waals surface area contributed by atoms with Gasteiger partial charge in [-0.15, -0.1) is 0 Å². The summed E-state index contributed by atoms with van der Waals surface area (Å²) in [6.07, 6.45) is 29.1. The molecule has 1 aliphatic heterocycles. The van der Waals surface area contributed by atoms with Crippen molar-refractivity contribution >= 4 is 0 Å². The Labute approximate surface area is 200 Å². The largest absolute Gasteiger partial charge is 0.356 e. The number of hydrogen-bond donors (Lipinski definition) is 0. The van der Waals surface area contributed by atoms with Crippen molar-refractivity contribution in [2.75, 3.05) is 6.54 Å². The molecule has 0 aliphatic carbocycles. The van der Waals surface area contributed by atoms with Crippen molar-refractivity contribution in [1.82, 2.24) is 9.80 Å². The number of nitrogens with zero attached hydrogens (tertiary/aromatic N) is 2. The van der Waals surface area contributed by atoms with E-state index in [4.69, 9.17) is 0 Å². The van der Waals surface area contributed by atoms with E-state index in [0.29, 0.717) is 6.17 Å². The minimum Gasteiger partial charge on any atom is -0.356 e. The van der Waals surface area contributed by atoms with Gasteiger partial charge in [-0.05, 0) is 24.8 Å². The average molecular weight is 441 g/mol. The molecule has 0 saturated carbocycles. The van der Waals surface area contributed by atoms with Gasteiger partial charge in [0.2, 0.25) is 0 Å². The van der Waals surface area contributed by atoms with Crippen molar-refractivity contribution in [3.8, 4) is 0 Å². The van der Waals surface area contributed by atoms with E-state index in [1.54, 1.807) is 0 Å². The third-order valence-corrected chi connectivity index (χ3v) is 7.01. The lowest BCUT2D eigenvalue weighted by atomic mass is 10.0. The summed E-state index contributed by atoms with van der Waals surface area (Å²) in [6, 6.07) is 11.0. The molecule has 0 fully saturated rings. The molecule has 2 rings (SSSR count). The standard InChI is InChI=1S/C30H52N2/c1-3-5-7-9-10-11-12-13-14-15-16-20-24-30-31(25-21-8-6-4-2)26-27-32(30)28-29-22-18-17-19-23-29/h17-19,22-23,26-27,30H,3-16,20-21,24-25,28H2,1-2H3. The number of unbranched alkanes of at least 4 members (excludes halogenated alkanes) is 14. The zero-order valence-corrected chi connectivity index (χ0v) is 21.4. The van der Waals surface area contributed by atoms with E-state index in [-0.39, 0.29) is 0 Å². The van der Waals surface area contributed by atoms with E-state index < -0.39 is 0 Å². The lowest BCUT2D eigenvalue weighted by Gasteiger charge is -2.33. The van der Waals surface area contributed by atoms with E-state index in [1.165, 1.54) is 121 Å². The van der Waals surface area contributed by atoms with Crippen molar-refractivity contribution in [2.24, 2.45) is 0 Å². The van der Waals surface area contributed by atoms with Gasteiger partial charge in [-0.2, -0.15) is 0 Å². The highest BCUT2D eigenvalue weighted by Crippen LogP contribution is 2.25. The van der Waals surface area contributed by atoms with Crippen molar-refractivity contribution in [3.05, 3.63) is 48.3 Å². The van der Waals surface area contributed by atoms with Gasteiger partial charge in [0.1, 0.15) is 6.17 Å². The van der Waals surface area contributed by atoms with Gasteiger partial charge >= 0.3 is 0 Å². The molecule has 0 amide bonds. The van der Waals surface area contributed by atoms with Gasteiger partial charge in [0.25, 0.3) is 0 Å². The van der Waals surface area contributed by atoms with Crippen LogP contribution in [-0.2, 0) is 6.54 Å². The van der Waals surface area contributed by atoms with Crippen LogP contribution in [0.1, 0.15) is 129 Å². The number of rotatable bonds is 20. The van der Waals surface area contributed by atoms with Crippen molar-refractivity contribution in [1.29, 1.82) is 0 Å². The molecule has 182 valence electrons. The molecule has 0 saturated heterocycles. The Kier molecular flexibility index (Phi) is 15.1. The second kappa shape index (κ2) is 18.0. The highest BCUT2D eigenvalue weighted by atomic mass is 15.4. The molecule has 1 aliphatic rings. The lowest BCUT2D eigenvalue weighted by Crippen LogP contribution is -2.38. The first-order valence-corrected chi connectivity index (χ1v) is 14.1. The maximum atomic E-state index is 2.62. The van der Waals surface area contributed by atoms with Crippen LogP contribution in [-0.4, -0.2) is 22.5 Å². The fourth-order valence-corrected chi connectivity index (χ4v) is 4.96. The number of benzene rings is 1. The van der Waals surface area contributed by atoms with Crippen molar-refractivity contribution < 1.29 is 0 Å². The van der Waals surface area contributed by atoms with Gasteiger partial charge in [0, 0.05) is 25.5 Å². The fourth-order valence-electron chi connectivity index (χ4n) is 4.96. The highest BCUT2D eigenvalue weighted by Gasteiger charge is 2.25. The summed E-state index contributed by atoms with van der Waals surface area (Å²) >= 11 is 0. The fraction of sp³-hybridized carbons (Fsp3) is 0.733. The molecule has 0 radical (unpaired) electrons. The number of hydrogen-bond acceptors (Lipinski definition) is 2. The van der Waals surface area contributed by atoms with Crippen LogP contribution >= 0.6 is 0 Å². The molecule has 2 heteroatoms. The van der Waals surface area contributed by atoms with Crippen LogP contribution < -0.4 is 0 Å². The molecular weight excluding hydrogens is 388 g/mol. The molecule has 0 aromatic heterocycles. The Hall–Kier alpha value is -1.44. The summed E-state index contributed by atoms with van der Waals surface area (Å²) in [4.78, 5) is 5.20. The van der Waals surface area contributed by atoms with Crippen molar-refractivity contribution in [3.63, 3.8) is 0 Å². The third-order valence-electron chi connectivity index (χ3n) is 7.01. The monoisotopic (exact) mass is 440 g/mol. The lowest BCUT2D eigenvalue weighted by molar-refractivity contribution is 0.132. The predicted molar refractivity (Wildman–Crippen MR) is 141 cm³/mol. The second-order valence-electron chi connectivity index (χ2n) is 9.91. The van der Waals surface area contributed by atoms with E-state index in [0.717, 1.165) is 6.54 Å². The molecule has 0 N–H and O–H groups in total. The van der Waals surface area contributed by atoms with Crippen LogP contribution in [0.3, 0.4) is 0 Å². The molecule has 1 atom stereocenters. The molecule has 1 heterocycles. The molecule has 1 aromatic rings. The van der Waals surface area contributed by atoms with Gasteiger partial charge in [-0.25, -0.2) is 0 Å². The van der Waals surface area contributed by atoms with Crippen LogP contribution in [0.5, 0.6) is 0 Å². The Bertz CT molecular complexity index is 567. The predicted octanol–water partition coefficient (Wildman–Crippen LogP) is 9.27. The van der Waals surface area contributed by atoms with Crippen LogP contribution in [0.4, 0.5) is 0 Å². The quantitative estimate of drug-likeness (QED) is 0.186. The van der Waals surface area contributed by atoms with E-state index in [2.05, 4.69) is 66.4 Å². The molecule has 0 bridgehead atoms. The highest BCUT2D eigenvalue weighted by molar-refractivity contribution is 5.15. The Morgan fingerprint density at radius 1 is 0.562 bits per heavy atom. The Morgan fingerprint density at radius 3 is 1.66 bits per heavy atom. The smallest absolute Gasteiger partial charge is 0.101 e. The third kappa shape index (κ3) is 11.4. The molecule has 1 aromatic carbocycles. The Morgan fingerprint density at radius 2 is 1.06 bits per heavy atom. The minimum atomic E-state index is 0.556. The van der Waals surface area contributed by atoms with Crippen LogP contribution in [0.2, 0.25) is 0 Å². The molecule has 1 unspecified atom stereocenters. The van der Waals surface area contributed by atoms with E-state index in [1.807, 2.05) is 0 Å². The van der Waals surface area contributed by atoms with E-state index in [9.17, 15) is 0 Å². The molecule has 2 nitrogen and oxygen atoms in total. The van der Waals surface area contributed by atoms with Gasteiger partial charge in [-0.1, -0.05) is 134 Å². The first-order valence-electron chi connectivity index (χ1n) is 14.1. The van der Waals surface area contributed by atoms with E-state index >= 15 is 0 Å². The van der Waals surface area contributed by atoms with Gasteiger partial charge in [-0.3, -0.25) is 0 Å². The summed E-state index contributed by atoms with van der Waals surface area (Å²) in [5.41, 5.74) is 1.42. The second-order valence-corrected chi connectivity index (χ2v) is 9.91. The van der Waals surface area contributed by atoms with Gasteiger partial charge < -0.3 is 9.80 Å². The minimum absolute atomic E-state index is 0.556. The first kappa shape index (κ1) is 26.8. The van der Waals surface area contributed by atoms with Gasteiger partial charge in [0.05, 0.1) is 0 Å². The molecular formula is C30H52N2. The topological polar surface area (TPSA) is 6.48 Å². The van der Waals surface area contributed by atoms with Crippen LogP contribution in [0, 0.1) is 0 Å². The zero-order valence-electron chi connectivity index (χ0n) is 21.4. The molecule has 0 spiro atoms. The summed E-state index contributed by atoms with van der Waals surface area (Å²) < 4.78 is 0. The normalized spacial score (nSPS) is 15.8. The first-order chi connectivity index (χ1) is 15.8. The summed E-state index contributed by atoms with van der Waals surface area (Å²) in [6.45, 7) is 6.85. The zero-order chi connectivity index (χ0) is 22.7. The Balaban J connectivity index is 1.63. The SMILES string of the molecule is CCCCCCCCCCCCCCC1N(CCCCCC)C=CN1Cc1ccccc1. The maximum Gasteiger partial charge on any atom is 0.101 e. The molecule has 32 heavy (non-hydrogen) atoms. The van der Waals surface area contributed by atoms with Gasteiger partial charge in [0.15, 0.2) is 0 Å². The maximum absolute atomic E-state index is 2.62.